The Kier molecular flexibility index (Phi) is 3.03. The van der Waals surface area contributed by atoms with E-state index in [0.717, 1.165) is 33.5 Å². The highest BCUT2D eigenvalue weighted by molar-refractivity contribution is 5.93. The Morgan fingerprint density at radius 2 is 2.06 bits per heavy atom. The Balaban J connectivity index is 2.83. The summed E-state index contributed by atoms with van der Waals surface area (Å²) >= 11 is 0. The topological polar surface area (TPSA) is 51.5 Å². The molecule has 0 radical (unpaired) electrons. The van der Waals surface area contributed by atoms with Gasteiger partial charge in [-0.3, -0.25) is 4.79 Å². The lowest BCUT2D eigenvalue weighted by Crippen LogP contribution is -2.01. The van der Waals surface area contributed by atoms with Gasteiger partial charge in [-0.15, -0.1) is 0 Å². The third kappa shape index (κ3) is 1.83. The average molecular weight is 247 g/mol. The minimum atomic E-state index is -0.814. The second-order valence-corrected chi connectivity index (χ2v) is 4.56. The molecular weight excluding hydrogens is 230 g/mol. The first-order chi connectivity index (χ1) is 8.45. The van der Waals surface area contributed by atoms with Crippen LogP contribution in [0, 0.1) is 13.8 Å². The number of benzene rings is 1. The number of carbonyl (C=O) groups is 1. The molecule has 0 fully saturated rings. The molecule has 2 aromatic rings. The van der Waals surface area contributed by atoms with Crippen molar-refractivity contribution in [3.63, 3.8) is 0 Å². The maximum absolute atomic E-state index is 11.0. The normalized spacial score (nSPS) is 10.9. The van der Waals surface area contributed by atoms with Crippen LogP contribution in [0.25, 0.3) is 10.9 Å². The molecule has 18 heavy (non-hydrogen) atoms. The molecule has 0 amide bonds. The van der Waals surface area contributed by atoms with Gasteiger partial charge in [0.25, 0.3) is 0 Å². The summed E-state index contributed by atoms with van der Waals surface area (Å²) in [5.74, 6) is -0.0293. The van der Waals surface area contributed by atoms with Crippen LogP contribution in [0.2, 0.25) is 0 Å². The molecule has 4 heteroatoms. The average Bonchev–Trinajstić information content (AvgIpc) is 2.53. The Bertz CT molecular complexity index is 626. The maximum Gasteiger partial charge on any atom is 0.307 e. The molecule has 1 heterocycles. The molecule has 0 spiro atoms. The largest absolute Gasteiger partial charge is 0.495 e. The highest BCUT2D eigenvalue weighted by atomic mass is 16.5. The van der Waals surface area contributed by atoms with E-state index in [2.05, 4.69) is 0 Å². The Labute approximate surface area is 106 Å². The van der Waals surface area contributed by atoms with E-state index in [0.29, 0.717) is 0 Å². The molecule has 0 unspecified atom stereocenters. The van der Waals surface area contributed by atoms with Crippen LogP contribution < -0.4 is 4.74 Å². The number of rotatable bonds is 3. The summed E-state index contributed by atoms with van der Waals surface area (Å²) in [5, 5.41) is 9.98. The summed E-state index contributed by atoms with van der Waals surface area (Å²) in [4.78, 5) is 11.0. The molecule has 0 bridgehead atoms. The number of fused-ring (bicyclic) bond motifs is 1. The monoisotopic (exact) mass is 247 g/mol. The van der Waals surface area contributed by atoms with E-state index >= 15 is 0 Å². The molecule has 0 saturated carbocycles. The SMILES string of the molecule is COc1cc(C)cc2c(CC(=O)O)c(C)n(C)c12. The third-order valence-electron chi connectivity index (χ3n) is 3.37. The quantitative estimate of drug-likeness (QED) is 0.906. The predicted molar refractivity (Wildman–Crippen MR) is 70.3 cm³/mol. The summed E-state index contributed by atoms with van der Waals surface area (Å²) in [6.07, 6.45) is 0.0375. The molecule has 0 aliphatic carbocycles. The van der Waals surface area contributed by atoms with Gasteiger partial charge in [-0.2, -0.15) is 0 Å². The van der Waals surface area contributed by atoms with Crippen LogP contribution in [0.1, 0.15) is 16.8 Å². The minimum absolute atomic E-state index is 0.0375. The summed E-state index contributed by atoms with van der Waals surface area (Å²) in [5.41, 5.74) is 3.85. The van der Waals surface area contributed by atoms with E-state index < -0.39 is 5.97 Å². The molecule has 1 aromatic carbocycles. The number of aliphatic carboxylic acids is 1. The van der Waals surface area contributed by atoms with Crippen LogP contribution >= 0.6 is 0 Å². The number of carboxylic acid groups (broad SMARTS) is 1. The Morgan fingerprint density at radius 1 is 1.39 bits per heavy atom. The van der Waals surface area contributed by atoms with Gasteiger partial charge in [-0.05, 0) is 37.1 Å². The number of aromatic nitrogens is 1. The van der Waals surface area contributed by atoms with Gasteiger partial charge in [0.2, 0.25) is 0 Å². The standard InChI is InChI=1S/C14H17NO3/c1-8-5-11-10(7-13(16)17)9(2)15(3)14(11)12(6-8)18-4/h5-6H,7H2,1-4H3,(H,16,17). The van der Waals surface area contributed by atoms with Crippen LogP contribution in [0.5, 0.6) is 5.75 Å². The molecular formula is C14H17NO3. The first-order valence-corrected chi connectivity index (χ1v) is 5.80. The molecule has 2 rings (SSSR count). The van der Waals surface area contributed by atoms with Crippen LogP contribution in [0.15, 0.2) is 12.1 Å². The van der Waals surface area contributed by atoms with Crippen LogP contribution in [-0.2, 0) is 18.3 Å². The number of hydrogen-bond donors (Lipinski definition) is 1. The first-order valence-electron chi connectivity index (χ1n) is 5.80. The van der Waals surface area contributed by atoms with Crippen molar-refractivity contribution < 1.29 is 14.6 Å². The van der Waals surface area contributed by atoms with Crippen molar-refractivity contribution in [3.05, 3.63) is 29.0 Å². The summed E-state index contributed by atoms with van der Waals surface area (Å²) in [6, 6.07) is 3.98. The minimum Gasteiger partial charge on any atom is -0.495 e. The smallest absolute Gasteiger partial charge is 0.307 e. The van der Waals surface area contributed by atoms with E-state index in [9.17, 15) is 4.79 Å². The van der Waals surface area contributed by atoms with E-state index in [-0.39, 0.29) is 6.42 Å². The number of methoxy groups -OCH3 is 1. The van der Waals surface area contributed by atoms with Crippen LogP contribution in [0.4, 0.5) is 0 Å². The second-order valence-electron chi connectivity index (χ2n) is 4.56. The summed E-state index contributed by atoms with van der Waals surface area (Å²) in [7, 11) is 3.56. The predicted octanol–water partition coefficient (Wildman–Crippen LogP) is 2.43. The number of aryl methyl sites for hydroxylation is 2. The van der Waals surface area contributed by atoms with Gasteiger partial charge in [0.15, 0.2) is 0 Å². The number of hydrogen-bond acceptors (Lipinski definition) is 2. The molecule has 1 N–H and O–H groups in total. The van der Waals surface area contributed by atoms with Gasteiger partial charge in [0.05, 0.1) is 19.0 Å². The zero-order valence-corrected chi connectivity index (χ0v) is 11.1. The summed E-state index contributed by atoms with van der Waals surface area (Å²) < 4.78 is 7.39. The van der Waals surface area contributed by atoms with E-state index in [1.807, 2.05) is 37.6 Å². The maximum atomic E-state index is 11.0. The lowest BCUT2D eigenvalue weighted by molar-refractivity contribution is -0.136. The van der Waals surface area contributed by atoms with Crippen molar-refractivity contribution in [3.8, 4) is 5.75 Å². The number of carboxylic acids is 1. The van der Waals surface area contributed by atoms with Crippen LogP contribution in [-0.4, -0.2) is 22.8 Å². The third-order valence-corrected chi connectivity index (χ3v) is 3.37. The highest BCUT2D eigenvalue weighted by Crippen LogP contribution is 2.33. The molecule has 0 saturated heterocycles. The molecule has 0 atom stereocenters. The fourth-order valence-electron chi connectivity index (χ4n) is 2.42. The molecule has 0 aliphatic heterocycles. The Morgan fingerprint density at radius 3 is 2.61 bits per heavy atom. The number of ether oxygens (including phenoxy) is 1. The van der Waals surface area contributed by atoms with Crippen molar-refractivity contribution in [2.75, 3.05) is 7.11 Å². The van der Waals surface area contributed by atoms with Crippen molar-refractivity contribution in [1.29, 1.82) is 0 Å². The Hall–Kier alpha value is -1.97. The molecule has 1 aromatic heterocycles. The summed E-state index contributed by atoms with van der Waals surface area (Å²) in [6.45, 7) is 3.92. The van der Waals surface area contributed by atoms with Crippen molar-refractivity contribution >= 4 is 16.9 Å². The second kappa shape index (κ2) is 4.37. The van der Waals surface area contributed by atoms with Gasteiger partial charge in [0, 0.05) is 18.1 Å². The molecule has 0 aliphatic rings. The number of nitrogens with zero attached hydrogens (tertiary/aromatic N) is 1. The van der Waals surface area contributed by atoms with Crippen molar-refractivity contribution in [2.24, 2.45) is 7.05 Å². The van der Waals surface area contributed by atoms with Gasteiger partial charge in [-0.25, -0.2) is 0 Å². The van der Waals surface area contributed by atoms with Gasteiger partial charge in [-0.1, -0.05) is 0 Å². The zero-order valence-electron chi connectivity index (χ0n) is 11.1. The van der Waals surface area contributed by atoms with Gasteiger partial charge < -0.3 is 14.4 Å². The van der Waals surface area contributed by atoms with E-state index in [4.69, 9.17) is 9.84 Å². The van der Waals surface area contributed by atoms with Gasteiger partial charge in [0.1, 0.15) is 5.75 Å². The fraction of sp³-hybridized carbons (Fsp3) is 0.357. The van der Waals surface area contributed by atoms with Crippen molar-refractivity contribution in [1.82, 2.24) is 4.57 Å². The lowest BCUT2D eigenvalue weighted by Gasteiger charge is -2.06. The zero-order chi connectivity index (χ0) is 13.4. The highest BCUT2D eigenvalue weighted by Gasteiger charge is 2.17. The van der Waals surface area contributed by atoms with E-state index in [1.54, 1.807) is 7.11 Å². The molecule has 4 nitrogen and oxygen atoms in total. The fourth-order valence-corrected chi connectivity index (χ4v) is 2.42. The molecule has 96 valence electrons. The first kappa shape index (κ1) is 12.5. The van der Waals surface area contributed by atoms with E-state index in [1.165, 1.54) is 0 Å². The van der Waals surface area contributed by atoms with Crippen LogP contribution in [0.3, 0.4) is 0 Å². The van der Waals surface area contributed by atoms with Crippen molar-refractivity contribution in [2.45, 2.75) is 20.3 Å². The lowest BCUT2D eigenvalue weighted by atomic mass is 10.1. The van der Waals surface area contributed by atoms with Gasteiger partial charge >= 0.3 is 5.97 Å².